The first kappa shape index (κ1) is 16.0. The predicted molar refractivity (Wildman–Crippen MR) is 93.5 cm³/mol. The fourth-order valence-electron chi connectivity index (χ4n) is 3.24. The van der Waals surface area contributed by atoms with Crippen molar-refractivity contribution in [3.8, 4) is 0 Å². The zero-order valence-electron chi connectivity index (χ0n) is 15.1. The molecule has 3 aromatic rings. The van der Waals surface area contributed by atoms with Gasteiger partial charge in [-0.25, -0.2) is 9.67 Å². The number of fused-ring (bicyclic) bond motifs is 1. The standard InChI is InChI=1S/C17H23N7O/c1-17(2,3)24-15-12(8-19-24)16(25)23(10-18-15)9-13-20-21-14(22(13)4)11-6-5-7-11/h8,10-11H,5-7,9H2,1-4H3. The Morgan fingerprint density at radius 2 is 2.00 bits per heavy atom. The van der Waals surface area contributed by atoms with Crippen LogP contribution in [0.1, 0.15) is 57.6 Å². The van der Waals surface area contributed by atoms with Gasteiger partial charge >= 0.3 is 0 Å². The molecule has 3 aromatic heterocycles. The molecular formula is C17H23N7O. The number of hydrogen-bond donors (Lipinski definition) is 0. The zero-order chi connectivity index (χ0) is 17.8. The maximum atomic E-state index is 12.8. The van der Waals surface area contributed by atoms with E-state index in [-0.39, 0.29) is 11.1 Å². The molecule has 1 aliphatic rings. The van der Waals surface area contributed by atoms with Crippen molar-refractivity contribution < 1.29 is 0 Å². The molecule has 132 valence electrons. The first-order chi connectivity index (χ1) is 11.9. The highest BCUT2D eigenvalue weighted by atomic mass is 16.1. The molecule has 0 aromatic carbocycles. The van der Waals surface area contributed by atoms with E-state index in [1.807, 2.05) is 32.4 Å². The minimum Gasteiger partial charge on any atom is -0.316 e. The third kappa shape index (κ3) is 2.56. The van der Waals surface area contributed by atoms with Crippen LogP contribution in [0.15, 0.2) is 17.3 Å². The van der Waals surface area contributed by atoms with Crippen LogP contribution in [0, 0.1) is 0 Å². The van der Waals surface area contributed by atoms with Gasteiger partial charge in [0.1, 0.15) is 17.5 Å². The minimum absolute atomic E-state index is 0.103. The molecule has 0 saturated heterocycles. The van der Waals surface area contributed by atoms with Crippen molar-refractivity contribution in [1.29, 1.82) is 0 Å². The summed E-state index contributed by atoms with van der Waals surface area (Å²) >= 11 is 0. The van der Waals surface area contributed by atoms with Crippen molar-refractivity contribution in [2.75, 3.05) is 0 Å². The monoisotopic (exact) mass is 341 g/mol. The van der Waals surface area contributed by atoms with Gasteiger partial charge in [-0.15, -0.1) is 10.2 Å². The summed E-state index contributed by atoms with van der Waals surface area (Å²) in [4.78, 5) is 17.3. The van der Waals surface area contributed by atoms with Crippen molar-refractivity contribution >= 4 is 11.0 Å². The topological polar surface area (TPSA) is 83.4 Å². The van der Waals surface area contributed by atoms with Crippen LogP contribution in [0.5, 0.6) is 0 Å². The van der Waals surface area contributed by atoms with Gasteiger partial charge in [0, 0.05) is 13.0 Å². The summed E-state index contributed by atoms with van der Waals surface area (Å²) in [5.74, 6) is 2.30. The largest absolute Gasteiger partial charge is 0.316 e. The molecule has 0 spiro atoms. The molecule has 0 unspecified atom stereocenters. The summed E-state index contributed by atoms with van der Waals surface area (Å²) in [7, 11) is 1.97. The van der Waals surface area contributed by atoms with Crippen LogP contribution >= 0.6 is 0 Å². The average molecular weight is 341 g/mol. The Morgan fingerprint density at radius 1 is 1.24 bits per heavy atom. The van der Waals surface area contributed by atoms with Crippen molar-refractivity contribution in [2.24, 2.45) is 7.05 Å². The van der Waals surface area contributed by atoms with Crippen molar-refractivity contribution in [1.82, 2.24) is 34.1 Å². The van der Waals surface area contributed by atoms with Crippen molar-refractivity contribution in [3.63, 3.8) is 0 Å². The number of hydrogen-bond acceptors (Lipinski definition) is 5. The molecule has 0 atom stereocenters. The SMILES string of the molecule is Cn1c(Cn2cnc3c(cnn3C(C)(C)C)c2=O)nnc1C1CCC1. The van der Waals surface area contributed by atoms with Crippen LogP contribution in [0.4, 0.5) is 0 Å². The molecule has 0 bridgehead atoms. The normalized spacial score (nSPS) is 15.7. The van der Waals surface area contributed by atoms with Gasteiger partial charge in [-0.3, -0.25) is 9.36 Å². The molecular weight excluding hydrogens is 318 g/mol. The molecule has 0 radical (unpaired) electrons. The van der Waals surface area contributed by atoms with Gasteiger partial charge in [-0.05, 0) is 33.6 Å². The molecule has 1 aliphatic carbocycles. The van der Waals surface area contributed by atoms with Crippen LogP contribution < -0.4 is 5.56 Å². The average Bonchev–Trinajstić information content (AvgIpc) is 3.07. The van der Waals surface area contributed by atoms with Crippen LogP contribution in [0.3, 0.4) is 0 Å². The highest BCUT2D eigenvalue weighted by molar-refractivity contribution is 5.73. The maximum Gasteiger partial charge on any atom is 0.264 e. The van der Waals surface area contributed by atoms with E-state index >= 15 is 0 Å². The van der Waals surface area contributed by atoms with E-state index in [2.05, 4.69) is 20.3 Å². The summed E-state index contributed by atoms with van der Waals surface area (Å²) < 4.78 is 5.37. The Morgan fingerprint density at radius 3 is 2.64 bits per heavy atom. The van der Waals surface area contributed by atoms with Gasteiger partial charge in [0.05, 0.1) is 18.3 Å². The maximum absolute atomic E-state index is 12.8. The molecule has 1 fully saturated rings. The van der Waals surface area contributed by atoms with E-state index in [9.17, 15) is 4.79 Å². The van der Waals surface area contributed by atoms with Crippen LogP contribution in [-0.4, -0.2) is 34.1 Å². The minimum atomic E-state index is -0.228. The van der Waals surface area contributed by atoms with Crippen LogP contribution in [-0.2, 0) is 19.1 Å². The van der Waals surface area contributed by atoms with Gasteiger partial charge in [0.25, 0.3) is 5.56 Å². The van der Waals surface area contributed by atoms with Crippen LogP contribution in [0.25, 0.3) is 11.0 Å². The second-order valence-corrected chi connectivity index (χ2v) is 7.80. The van der Waals surface area contributed by atoms with E-state index in [1.54, 1.807) is 21.8 Å². The Labute approximate surface area is 145 Å². The highest BCUT2D eigenvalue weighted by Crippen LogP contribution is 2.35. The first-order valence-corrected chi connectivity index (χ1v) is 8.68. The Hall–Kier alpha value is -2.51. The Balaban J connectivity index is 1.70. The summed E-state index contributed by atoms with van der Waals surface area (Å²) in [6.07, 6.45) is 6.77. The zero-order valence-corrected chi connectivity index (χ0v) is 15.1. The summed E-state index contributed by atoms with van der Waals surface area (Å²) in [6, 6.07) is 0. The van der Waals surface area contributed by atoms with Gasteiger partial charge in [-0.2, -0.15) is 5.10 Å². The second-order valence-electron chi connectivity index (χ2n) is 7.80. The van der Waals surface area contributed by atoms with Gasteiger partial charge < -0.3 is 4.57 Å². The molecule has 0 N–H and O–H groups in total. The summed E-state index contributed by atoms with van der Waals surface area (Å²) in [6.45, 7) is 6.47. The van der Waals surface area contributed by atoms with E-state index in [0.717, 1.165) is 11.6 Å². The lowest BCUT2D eigenvalue weighted by Crippen LogP contribution is -2.26. The van der Waals surface area contributed by atoms with Crippen LogP contribution in [0.2, 0.25) is 0 Å². The second kappa shape index (κ2) is 5.50. The lowest BCUT2D eigenvalue weighted by Gasteiger charge is -2.24. The van der Waals surface area contributed by atoms with E-state index < -0.39 is 0 Å². The molecule has 25 heavy (non-hydrogen) atoms. The number of nitrogens with zero attached hydrogens (tertiary/aromatic N) is 7. The predicted octanol–water partition coefficient (Wildman–Crippen LogP) is 1.79. The van der Waals surface area contributed by atoms with E-state index in [0.29, 0.717) is 23.5 Å². The third-order valence-corrected chi connectivity index (χ3v) is 4.97. The lowest BCUT2D eigenvalue weighted by atomic mass is 9.85. The molecule has 4 rings (SSSR count). The smallest absolute Gasteiger partial charge is 0.264 e. The highest BCUT2D eigenvalue weighted by Gasteiger charge is 2.25. The lowest BCUT2D eigenvalue weighted by molar-refractivity contribution is 0.365. The van der Waals surface area contributed by atoms with Crippen molar-refractivity contribution in [3.05, 3.63) is 34.5 Å². The fourth-order valence-corrected chi connectivity index (χ4v) is 3.24. The number of aromatic nitrogens is 7. The van der Waals surface area contributed by atoms with Gasteiger partial charge in [0.15, 0.2) is 11.5 Å². The Kier molecular flexibility index (Phi) is 3.52. The molecule has 3 heterocycles. The third-order valence-electron chi connectivity index (χ3n) is 4.97. The summed E-state index contributed by atoms with van der Waals surface area (Å²) in [5, 5.41) is 13.5. The molecule has 0 amide bonds. The fraction of sp³-hybridized carbons (Fsp3) is 0.588. The first-order valence-electron chi connectivity index (χ1n) is 8.68. The Bertz CT molecular complexity index is 985. The van der Waals surface area contributed by atoms with Crippen molar-refractivity contribution in [2.45, 2.75) is 58.0 Å². The van der Waals surface area contributed by atoms with Gasteiger partial charge in [0.2, 0.25) is 0 Å². The van der Waals surface area contributed by atoms with E-state index in [1.165, 1.54) is 19.3 Å². The van der Waals surface area contributed by atoms with Gasteiger partial charge in [-0.1, -0.05) is 6.42 Å². The molecule has 1 saturated carbocycles. The summed E-state index contributed by atoms with van der Waals surface area (Å²) in [5.41, 5.74) is 0.282. The molecule has 0 aliphatic heterocycles. The van der Waals surface area contributed by atoms with E-state index in [4.69, 9.17) is 0 Å². The quantitative estimate of drug-likeness (QED) is 0.725. The number of rotatable bonds is 3. The molecule has 8 heteroatoms. The molecule has 8 nitrogen and oxygen atoms in total.